The standard InChI is InChI=1S/C9H12O2S/c1-2-3-4-11-8-5-9(6-10)12-7-8/h5-7H,2-4H2,1H3. The van der Waals surface area contributed by atoms with Gasteiger partial charge in [-0.15, -0.1) is 11.3 Å². The Morgan fingerprint density at radius 2 is 2.50 bits per heavy atom. The van der Waals surface area contributed by atoms with Crippen molar-refractivity contribution in [3.8, 4) is 5.75 Å². The van der Waals surface area contributed by atoms with Crippen LogP contribution in [0.25, 0.3) is 0 Å². The van der Waals surface area contributed by atoms with E-state index in [1.807, 2.05) is 5.38 Å². The molecular weight excluding hydrogens is 172 g/mol. The summed E-state index contributed by atoms with van der Waals surface area (Å²) in [6.45, 7) is 2.86. The highest BCUT2D eigenvalue weighted by Crippen LogP contribution is 2.19. The van der Waals surface area contributed by atoms with Gasteiger partial charge in [0, 0.05) is 11.4 Å². The number of rotatable bonds is 5. The monoisotopic (exact) mass is 184 g/mol. The molecule has 12 heavy (non-hydrogen) atoms. The Kier molecular flexibility index (Phi) is 3.80. The minimum atomic E-state index is 0.724. The van der Waals surface area contributed by atoms with Crippen molar-refractivity contribution in [2.24, 2.45) is 0 Å². The summed E-state index contributed by atoms with van der Waals surface area (Å²) in [4.78, 5) is 11.0. The number of hydrogen-bond donors (Lipinski definition) is 0. The van der Waals surface area contributed by atoms with Crippen molar-refractivity contribution in [1.29, 1.82) is 0 Å². The van der Waals surface area contributed by atoms with Crippen LogP contribution >= 0.6 is 11.3 Å². The van der Waals surface area contributed by atoms with E-state index in [1.165, 1.54) is 11.3 Å². The molecule has 0 aliphatic rings. The van der Waals surface area contributed by atoms with Gasteiger partial charge in [-0.25, -0.2) is 0 Å². The zero-order chi connectivity index (χ0) is 8.81. The molecule has 1 aromatic heterocycles. The molecule has 1 heterocycles. The number of carbonyl (C=O) groups is 1. The molecule has 0 amide bonds. The molecule has 0 unspecified atom stereocenters. The van der Waals surface area contributed by atoms with Gasteiger partial charge in [0.2, 0.25) is 0 Å². The van der Waals surface area contributed by atoms with Gasteiger partial charge in [0.25, 0.3) is 0 Å². The van der Waals surface area contributed by atoms with E-state index in [9.17, 15) is 4.79 Å². The maximum atomic E-state index is 10.3. The first-order valence-corrected chi connectivity index (χ1v) is 4.91. The lowest BCUT2D eigenvalue weighted by molar-refractivity contribution is 0.112. The maximum absolute atomic E-state index is 10.3. The Hall–Kier alpha value is -0.830. The molecule has 0 aliphatic heterocycles. The zero-order valence-corrected chi connectivity index (χ0v) is 7.89. The van der Waals surface area contributed by atoms with Crippen molar-refractivity contribution in [2.45, 2.75) is 19.8 Å². The minimum Gasteiger partial charge on any atom is -0.493 e. The van der Waals surface area contributed by atoms with E-state index >= 15 is 0 Å². The number of aldehydes is 1. The Balaban J connectivity index is 2.36. The van der Waals surface area contributed by atoms with E-state index in [0.29, 0.717) is 0 Å². The number of ether oxygens (including phenoxy) is 1. The molecule has 0 saturated heterocycles. The van der Waals surface area contributed by atoms with E-state index in [1.54, 1.807) is 6.07 Å². The predicted molar refractivity (Wildman–Crippen MR) is 50.1 cm³/mol. The van der Waals surface area contributed by atoms with Crippen LogP contribution in [0, 0.1) is 0 Å². The summed E-state index contributed by atoms with van der Waals surface area (Å²) in [6.07, 6.45) is 3.04. The first kappa shape index (κ1) is 9.26. The van der Waals surface area contributed by atoms with Crippen LogP contribution in [-0.2, 0) is 0 Å². The Bertz CT molecular complexity index is 242. The summed E-state index contributed by atoms with van der Waals surface area (Å²) in [6, 6.07) is 1.77. The molecule has 0 spiro atoms. The van der Waals surface area contributed by atoms with Gasteiger partial charge in [0.05, 0.1) is 11.5 Å². The molecule has 0 radical (unpaired) electrons. The van der Waals surface area contributed by atoms with Crippen molar-refractivity contribution in [2.75, 3.05) is 6.61 Å². The van der Waals surface area contributed by atoms with Crippen LogP contribution < -0.4 is 4.74 Å². The van der Waals surface area contributed by atoms with Gasteiger partial charge in [-0.2, -0.15) is 0 Å². The predicted octanol–water partition coefficient (Wildman–Crippen LogP) is 2.74. The Morgan fingerprint density at radius 3 is 3.08 bits per heavy atom. The summed E-state index contributed by atoms with van der Waals surface area (Å²) in [7, 11) is 0. The largest absolute Gasteiger partial charge is 0.493 e. The smallest absolute Gasteiger partial charge is 0.160 e. The summed E-state index contributed by atoms with van der Waals surface area (Å²) in [5, 5.41) is 1.86. The molecular formula is C9H12O2S. The third kappa shape index (κ3) is 2.66. The van der Waals surface area contributed by atoms with E-state index in [4.69, 9.17) is 4.74 Å². The number of unbranched alkanes of at least 4 members (excludes halogenated alkanes) is 1. The lowest BCUT2D eigenvalue weighted by Gasteiger charge is -2.00. The minimum absolute atomic E-state index is 0.724. The number of thiophene rings is 1. The third-order valence-corrected chi connectivity index (χ3v) is 2.31. The van der Waals surface area contributed by atoms with Crippen LogP contribution in [0.4, 0.5) is 0 Å². The van der Waals surface area contributed by atoms with Crippen LogP contribution in [0.2, 0.25) is 0 Å². The molecule has 0 aromatic carbocycles. The molecule has 0 bridgehead atoms. The summed E-state index contributed by atoms with van der Waals surface area (Å²) in [5.41, 5.74) is 0. The van der Waals surface area contributed by atoms with Crippen molar-refractivity contribution in [3.63, 3.8) is 0 Å². The average molecular weight is 184 g/mol. The van der Waals surface area contributed by atoms with Crippen LogP contribution in [0.5, 0.6) is 5.75 Å². The zero-order valence-electron chi connectivity index (χ0n) is 7.08. The fourth-order valence-corrected chi connectivity index (χ4v) is 1.43. The molecule has 0 aliphatic carbocycles. The average Bonchev–Trinajstić information content (AvgIpc) is 2.53. The second kappa shape index (κ2) is 4.93. The number of hydrogen-bond acceptors (Lipinski definition) is 3. The molecule has 1 rings (SSSR count). The fourth-order valence-electron chi connectivity index (χ4n) is 0.806. The van der Waals surface area contributed by atoms with Crippen LogP contribution in [0.1, 0.15) is 29.4 Å². The summed E-state index contributed by atoms with van der Waals surface area (Å²) >= 11 is 1.41. The summed E-state index contributed by atoms with van der Waals surface area (Å²) in [5.74, 6) is 0.815. The lowest BCUT2D eigenvalue weighted by Crippen LogP contribution is -1.94. The van der Waals surface area contributed by atoms with Crippen LogP contribution in [0.15, 0.2) is 11.4 Å². The highest BCUT2D eigenvalue weighted by atomic mass is 32.1. The van der Waals surface area contributed by atoms with Crippen LogP contribution in [-0.4, -0.2) is 12.9 Å². The molecule has 1 aromatic rings. The first-order chi connectivity index (χ1) is 5.86. The first-order valence-electron chi connectivity index (χ1n) is 4.03. The van der Waals surface area contributed by atoms with Crippen molar-refractivity contribution < 1.29 is 9.53 Å². The summed E-state index contributed by atoms with van der Waals surface area (Å²) < 4.78 is 5.38. The SMILES string of the molecule is CCCCOc1csc(C=O)c1. The van der Waals surface area contributed by atoms with Gasteiger partial charge in [-0.1, -0.05) is 13.3 Å². The van der Waals surface area contributed by atoms with E-state index in [-0.39, 0.29) is 0 Å². The second-order valence-electron chi connectivity index (χ2n) is 2.50. The lowest BCUT2D eigenvalue weighted by atomic mass is 10.4. The fraction of sp³-hybridized carbons (Fsp3) is 0.444. The number of carbonyl (C=O) groups excluding carboxylic acids is 1. The molecule has 0 N–H and O–H groups in total. The normalized spacial score (nSPS) is 9.75. The quantitative estimate of drug-likeness (QED) is 0.519. The topological polar surface area (TPSA) is 26.3 Å². The van der Waals surface area contributed by atoms with Gasteiger partial charge in [-0.05, 0) is 6.42 Å². The second-order valence-corrected chi connectivity index (χ2v) is 3.45. The molecule has 0 atom stereocenters. The Labute approximate surface area is 76.2 Å². The van der Waals surface area contributed by atoms with E-state index < -0.39 is 0 Å². The van der Waals surface area contributed by atoms with Crippen LogP contribution in [0.3, 0.4) is 0 Å². The van der Waals surface area contributed by atoms with Gasteiger partial charge in [-0.3, -0.25) is 4.79 Å². The third-order valence-electron chi connectivity index (χ3n) is 1.48. The molecule has 66 valence electrons. The Morgan fingerprint density at radius 1 is 1.67 bits per heavy atom. The van der Waals surface area contributed by atoms with E-state index in [0.717, 1.165) is 36.4 Å². The highest BCUT2D eigenvalue weighted by molar-refractivity contribution is 7.11. The highest BCUT2D eigenvalue weighted by Gasteiger charge is 1.97. The maximum Gasteiger partial charge on any atom is 0.160 e. The molecule has 0 fully saturated rings. The van der Waals surface area contributed by atoms with Crippen molar-refractivity contribution >= 4 is 17.6 Å². The molecule has 2 nitrogen and oxygen atoms in total. The molecule has 0 saturated carbocycles. The van der Waals surface area contributed by atoms with Gasteiger partial charge in [0.1, 0.15) is 5.75 Å². The van der Waals surface area contributed by atoms with Crippen molar-refractivity contribution in [3.05, 3.63) is 16.3 Å². The molecule has 3 heteroatoms. The van der Waals surface area contributed by atoms with E-state index in [2.05, 4.69) is 6.92 Å². The van der Waals surface area contributed by atoms with Gasteiger partial charge >= 0.3 is 0 Å². The van der Waals surface area contributed by atoms with Gasteiger partial charge in [0.15, 0.2) is 6.29 Å². The van der Waals surface area contributed by atoms with Crippen molar-refractivity contribution in [1.82, 2.24) is 0 Å². The van der Waals surface area contributed by atoms with Gasteiger partial charge < -0.3 is 4.74 Å².